The first-order chi connectivity index (χ1) is 9.44. The third-order valence-corrected chi connectivity index (χ3v) is 3.40. The maximum absolute atomic E-state index is 9.75. The lowest BCUT2D eigenvalue weighted by molar-refractivity contribution is 0.0599. The van der Waals surface area contributed by atoms with Gasteiger partial charge in [0.2, 0.25) is 0 Å². The van der Waals surface area contributed by atoms with Crippen LogP contribution in [0.3, 0.4) is 0 Å². The van der Waals surface area contributed by atoms with Crippen LogP contribution in [0.5, 0.6) is 0 Å². The second kappa shape index (κ2) is 6.25. The summed E-state index contributed by atoms with van der Waals surface area (Å²) in [5.74, 6) is 0. The highest BCUT2D eigenvalue weighted by atomic mass is 16.3. The quantitative estimate of drug-likeness (QED) is 0.875. The summed E-state index contributed by atoms with van der Waals surface area (Å²) in [5.41, 5.74) is 1.88. The zero-order chi connectivity index (χ0) is 14.6. The van der Waals surface area contributed by atoms with Gasteiger partial charge in [0.1, 0.15) is 0 Å². The van der Waals surface area contributed by atoms with Crippen LogP contribution in [-0.2, 0) is 6.54 Å². The molecule has 0 spiro atoms. The Kier molecular flexibility index (Phi) is 4.63. The van der Waals surface area contributed by atoms with Crippen LogP contribution in [0.15, 0.2) is 48.8 Å². The SMILES string of the molecule is CN(CCC(C)(C)O)Cc1ccc(-n2cccc2)cc1. The van der Waals surface area contributed by atoms with Crippen molar-refractivity contribution in [1.29, 1.82) is 0 Å². The fourth-order valence-corrected chi connectivity index (χ4v) is 2.14. The molecule has 2 aromatic rings. The van der Waals surface area contributed by atoms with Gasteiger partial charge in [-0.1, -0.05) is 12.1 Å². The molecule has 0 aliphatic heterocycles. The molecule has 1 N–H and O–H groups in total. The second-order valence-electron chi connectivity index (χ2n) is 6.06. The van der Waals surface area contributed by atoms with E-state index >= 15 is 0 Å². The van der Waals surface area contributed by atoms with Gasteiger partial charge >= 0.3 is 0 Å². The van der Waals surface area contributed by atoms with E-state index in [1.54, 1.807) is 0 Å². The Balaban J connectivity index is 1.90. The van der Waals surface area contributed by atoms with E-state index in [4.69, 9.17) is 0 Å². The fraction of sp³-hybridized carbons (Fsp3) is 0.412. The Morgan fingerprint density at radius 2 is 1.70 bits per heavy atom. The van der Waals surface area contributed by atoms with Crippen LogP contribution in [0.2, 0.25) is 0 Å². The summed E-state index contributed by atoms with van der Waals surface area (Å²) >= 11 is 0. The molecule has 0 radical (unpaired) electrons. The molecule has 2 rings (SSSR count). The van der Waals surface area contributed by atoms with Crippen LogP contribution in [0, 0.1) is 0 Å². The molecule has 108 valence electrons. The Morgan fingerprint density at radius 1 is 1.10 bits per heavy atom. The lowest BCUT2D eigenvalue weighted by Gasteiger charge is -2.22. The molecule has 0 saturated heterocycles. The van der Waals surface area contributed by atoms with Crippen molar-refractivity contribution in [2.75, 3.05) is 13.6 Å². The van der Waals surface area contributed by atoms with Crippen molar-refractivity contribution < 1.29 is 5.11 Å². The lowest BCUT2D eigenvalue weighted by atomic mass is 10.1. The maximum Gasteiger partial charge on any atom is 0.0603 e. The second-order valence-corrected chi connectivity index (χ2v) is 6.06. The molecule has 1 aromatic carbocycles. The Labute approximate surface area is 121 Å². The molecular weight excluding hydrogens is 248 g/mol. The molecule has 20 heavy (non-hydrogen) atoms. The van der Waals surface area contributed by atoms with Gasteiger partial charge in [-0.15, -0.1) is 0 Å². The average molecular weight is 272 g/mol. The molecule has 0 bridgehead atoms. The van der Waals surface area contributed by atoms with E-state index in [1.807, 2.05) is 38.4 Å². The topological polar surface area (TPSA) is 28.4 Å². The van der Waals surface area contributed by atoms with Crippen LogP contribution < -0.4 is 0 Å². The number of nitrogens with zero attached hydrogens (tertiary/aromatic N) is 2. The van der Waals surface area contributed by atoms with Crippen LogP contribution in [0.25, 0.3) is 5.69 Å². The van der Waals surface area contributed by atoms with Crippen molar-refractivity contribution in [1.82, 2.24) is 9.47 Å². The molecule has 0 aliphatic carbocycles. The fourth-order valence-electron chi connectivity index (χ4n) is 2.14. The Hall–Kier alpha value is -1.58. The number of benzene rings is 1. The molecule has 1 heterocycles. The highest BCUT2D eigenvalue weighted by molar-refractivity contribution is 5.35. The number of aliphatic hydroxyl groups is 1. The Bertz CT molecular complexity index is 509. The van der Waals surface area contributed by atoms with Crippen molar-refractivity contribution in [3.8, 4) is 5.69 Å². The van der Waals surface area contributed by atoms with Crippen LogP contribution in [0.4, 0.5) is 0 Å². The summed E-state index contributed by atoms with van der Waals surface area (Å²) in [6.45, 7) is 5.50. The average Bonchev–Trinajstić information content (AvgIpc) is 2.90. The number of rotatable bonds is 6. The summed E-state index contributed by atoms with van der Waals surface area (Å²) in [6.07, 6.45) is 4.87. The van der Waals surface area contributed by atoms with E-state index in [9.17, 15) is 5.11 Å². The van der Waals surface area contributed by atoms with Crippen molar-refractivity contribution >= 4 is 0 Å². The van der Waals surface area contributed by atoms with E-state index in [0.717, 1.165) is 19.5 Å². The van der Waals surface area contributed by atoms with E-state index in [1.165, 1.54) is 11.3 Å². The minimum Gasteiger partial charge on any atom is -0.390 e. The summed E-state index contributed by atoms with van der Waals surface area (Å²) in [7, 11) is 2.09. The smallest absolute Gasteiger partial charge is 0.0603 e. The molecule has 0 atom stereocenters. The van der Waals surface area contributed by atoms with E-state index in [0.29, 0.717) is 0 Å². The highest BCUT2D eigenvalue weighted by Crippen LogP contribution is 2.13. The van der Waals surface area contributed by atoms with E-state index in [-0.39, 0.29) is 0 Å². The first-order valence-corrected chi connectivity index (χ1v) is 7.07. The van der Waals surface area contributed by atoms with Crippen molar-refractivity contribution in [3.63, 3.8) is 0 Å². The molecule has 0 unspecified atom stereocenters. The first-order valence-electron chi connectivity index (χ1n) is 7.07. The highest BCUT2D eigenvalue weighted by Gasteiger charge is 2.13. The third kappa shape index (κ3) is 4.51. The third-order valence-electron chi connectivity index (χ3n) is 3.40. The normalized spacial score (nSPS) is 12.1. The van der Waals surface area contributed by atoms with Gasteiger partial charge in [-0.2, -0.15) is 0 Å². The summed E-state index contributed by atoms with van der Waals surface area (Å²) in [5, 5.41) is 9.75. The molecular formula is C17H24N2O. The standard InChI is InChI=1S/C17H24N2O/c1-17(2,20)10-13-18(3)14-15-6-8-16(9-7-15)19-11-4-5-12-19/h4-9,11-12,20H,10,13-14H2,1-3H3. The number of aromatic nitrogens is 1. The van der Waals surface area contributed by atoms with Crippen molar-refractivity contribution in [2.24, 2.45) is 0 Å². The largest absolute Gasteiger partial charge is 0.390 e. The number of hydrogen-bond acceptors (Lipinski definition) is 2. The zero-order valence-electron chi connectivity index (χ0n) is 12.6. The molecule has 0 saturated carbocycles. The van der Waals surface area contributed by atoms with Gasteiger partial charge in [0, 0.05) is 31.2 Å². The molecule has 3 heteroatoms. The minimum atomic E-state index is -0.591. The summed E-state index contributed by atoms with van der Waals surface area (Å²) < 4.78 is 2.10. The molecule has 1 aromatic heterocycles. The zero-order valence-corrected chi connectivity index (χ0v) is 12.6. The maximum atomic E-state index is 9.75. The predicted molar refractivity (Wildman–Crippen MR) is 83.0 cm³/mol. The van der Waals surface area contributed by atoms with E-state index < -0.39 is 5.60 Å². The van der Waals surface area contributed by atoms with Crippen LogP contribution in [0.1, 0.15) is 25.8 Å². The van der Waals surface area contributed by atoms with Gasteiger partial charge in [0.15, 0.2) is 0 Å². The minimum absolute atomic E-state index is 0.591. The predicted octanol–water partition coefficient (Wildman–Crippen LogP) is 3.07. The number of hydrogen-bond donors (Lipinski definition) is 1. The van der Waals surface area contributed by atoms with Gasteiger partial charge in [-0.05, 0) is 57.1 Å². The van der Waals surface area contributed by atoms with Gasteiger partial charge in [-0.3, -0.25) is 0 Å². The van der Waals surface area contributed by atoms with Gasteiger partial charge in [-0.25, -0.2) is 0 Å². The molecule has 0 aliphatic rings. The van der Waals surface area contributed by atoms with Crippen molar-refractivity contribution in [2.45, 2.75) is 32.4 Å². The Morgan fingerprint density at radius 3 is 2.25 bits per heavy atom. The lowest BCUT2D eigenvalue weighted by Crippen LogP contribution is -2.28. The van der Waals surface area contributed by atoms with Gasteiger partial charge in [0.25, 0.3) is 0 Å². The van der Waals surface area contributed by atoms with Gasteiger partial charge in [0.05, 0.1) is 5.60 Å². The van der Waals surface area contributed by atoms with Crippen molar-refractivity contribution in [3.05, 3.63) is 54.4 Å². The molecule has 0 amide bonds. The van der Waals surface area contributed by atoms with Crippen LogP contribution in [-0.4, -0.2) is 33.8 Å². The first kappa shape index (κ1) is 14.8. The van der Waals surface area contributed by atoms with Gasteiger partial charge < -0.3 is 14.6 Å². The molecule has 3 nitrogen and oxygen atoms in total. The van der Waals surface area contributed by atoms with E-state index in [2.05, 4.69) is 40.8 Å². The van der Waals surface area contributed by atoms with Crippen LogP contribution >= 0.6 is 0 Å². The monoisotopic (exact) mass is 272 g/mol. The summed E-state index contributed by atoms with van der Waals surface area (Å²) in [4.78, 5) is 2.24. The summed E-state index contributed by atoms with van der Waals surface area (Å²) in [6, 6.07) is 12.7. The molecule has 0 fully saturated rings.